The smallest absolute Gasteiger partial charge is 0.157 e. The van der Waals surface area contributed by atoms with Crippen LogP contribution in [0, 0.1) is 0 Å². The first-order chi connectivity index (χ1) is 9.83. The van der Waals surface area contributed by atoms with Crippen molar-refractivity contribution in [2.75, 3.05) is 0 Å². The normalized spacial score (nSPS) is 12.4. The summed E-state index contributed by atoms with van der Waals surface area (Å²) in [7, 11) is 0. The fourth-order valence-electron chi connectivity index (χ4n) is 2.14. The van der Waals surface area contributed by atoms with Gasteiger partial charge >= 0.3 is 0 Å². The van der Waals surface area contributed by atoms with Gasteiger partial charge in [-0.15, -0.1) is 5.10 Å². The maximum absolute atomic E-state index is 4.31. The zero-order valence-electron chi connectivity index (χ0n) is 11.3. The van der Waals surface area contributed by atoms with Crippen molar-refractivity contribution < 1.29 is 0 Å². The lowest BCUT2D eigenvalue weighted by Crippen LogP contribution is -2.15. The van der Waals surface area contributed by atoms with Gasteiger partial charge in [-0.05, 0) is 41.6 Å². The Morgan fingerprint density at radius 1 is 1.15 bits per heavy atom. The van der Waals surface area contributed by atoms with E-state index in [-0.39, 0.29) is 0 Å². The fourth-order valence-corrected chi connectivity index (χ4v) is 2.14. The van der Waals surface area contributed by atoms with Crippen LogP contribution in [0.3, 0.4) is 0 Å². The van der Waals surface area contributed by atoms with Crippen LogP contribution in [0.1, 0.15) is 24.5 Å². The molecule has 0 bridgehead atoms. The summed E-state index contributed by atoms with van der Waals surface area (Å²) in [6.45, 7) is 2.88. The molecule has 0 aliphatic rings. The molecule has 3 heterocycles. The monoisotopic (exact) mass is 268 g/mol. The molecule has 6 nitrogen and oxygen atoms in total. The van der Waals surface area contributed by atoms with Gasteiger partial charge in [0.1, 0.15) is 0 Å². The zero-order chi connectivity index (χ0) is 13.8. The predicted octanol–water partition coefficient (Wildman–Crippen LogP) is 1.72. The average molecular weight is 268 g/mol. The van der Waals surface area contributed by atoms with Crippen LogP contribution in [0.25, 0.3) is 0 Å². The standard InChI is InChI=1S/C14H16N6/c1-12(19-8-4-5-9-19)11-20-14(16-17-18-20)10-13-6-2-3-7-15-13/h2-9,12H,10-11H2,1H3. The average Bonchev–Trinajstić information content (AvgIpc) is 3.12. The first-order valence-corrected chi connectivity index (χ1v) is 6.60. The Bertz CT molecular complexity index is 643. The van der Waals surface area contributed by atoms with Gasteiger partial charge < -0.3 is 4.57 Å². The number of hydrogen-bond donors (Lipinski definition) is 0. The van der Waals surface area contributed by atoms with E-state index in [1.807, 2.05) is 47.4 Å². The van der Waals surface area contributed by atoms with Crippen molar-refractivity contribution in [2.24, 2.45) is 0 Å². The van der Waals surface area contributed by atoms with Crippen LogP contribution in [0.5, 0.6) is 0 Å². The van der Waals surface area contributed by atoms with Crippen molar-refractivity contribution in [3.63, 3.8) is 0 Å². The van der Waals surface area contributed by atoms with Gasteiger partial charge in [0.15, 0.2) is 5.82 Å². The molecule has 0 N–H and O–H groups in total. The molecule has 0 aromatic carbocycles. The highest BCUT2D eigenvalue weighted by Crippen LogP contribution is 2.10. The van der Waals surface area contributed by atoms with Crippen LogP contribution < -0.4 is 0 Å². The van der Waals surface area contributed by atoms with E-state index in [0.29, 0.717) is 12.5 Å². The van der Waals surface area contributed by atoms with Crippen LogP contribution in [-0.2, 0) is 13.0 Å². The number of tetrazole rings is 1. The highest BCUT2D eigenvalue weighted by molar-refractivity contribution is 5.09. The third kappa shape index (κ3) is 2.74. The predicted molar refractivity (Wildman–Crippen MR) is 74.0 cm³/mol. The van der Waals surface area contributed by atoms with Crippen molar-refractivity contribution in [1.29, 1.82) is 0 Å². The first-order valence-electron chi connectivity index (χ1n) is 6.60. The Labute approximate surface area is 117 Å². The lowest BCUT2D eigenvalue weighted by Gasteiger charge is -2.14. The van der Waals surface area contributed by atoms with Gasteiger partial charge in [0.25, 0.3) is 0 Å². The Kier molecular flexibility index (Phi) is 3.54. The van der Waals surface area contributed by atoms with E-state index in [1.54, 1.807) is 6.20 Å². The Morgan fingerprint density at radius 3 is 2.75 bits per heavy atom. The molecule has 0 amide bonds. The molecule has 1 unspecified atom stereocenters. The van der Waals surface area contributed by atoms with E-state index in [0.717, 1.165) is 18.1 Å². The maximum Gasteiger partial charge on any atom is 0.157 e. The molecular formula is C14H16N6. The third-order valence-electron chi connectivity index (χ3n) is 3.25. The van der Waals surface area contributed by atoms with Crippen molar-refractivity contribution in [3.8, 4) is 0 Å². The van der Waals surface area contributed by atoms with E-state index in [2.05, 4.69) is 32.0 Å². The van der Waals surface area contributed by atoms with Crippen LogP contribution in [0.2, 0.25) is 0 Å². The van der Waals surface area contributed by atoms with Gasteiger partial charge in [0.2, 0.25) is 0 Å². The molecule has 3 aromatic rings. The Hall–Kier alpha value is -2.50. The van der Waals surface area contributed by atoms with Crippen molar-refractivity contribution in [1.82, 2.24) is 29.8 Å². The highest BCUT2D eigenvalue weighted by atomic mass is 15.5. The van der Waals surface area contributed by atoms with Gasteiger partial charge in [-0.3, -0.25) is 4.98 Å². The van der Waals surface area contributed by atoms with E-state index >= 15 is 0 Å². The molecule has 6 heteroatoms. The van der Waals surface area contributed by atoms with E-state index < -0.39 is 0 Å². The summed E-state index contributed by atoms with van der Waals surface area (Å²) in [4.78, 5) is 4.31. The Morgan fingerprint density at radius 2 is 2.00 bits per heavy atom. The SMILES string of the molecule is CC(Cn1nnnc1Cc1ccccn1)n1cccc1. The molecule has 1 atom stereocenters. The van der Waals surface area contributed by atoms with Crippen LogP contribution >= 0.6 is 0 Å². The minimum Gasteiger partial charge on any atom is -0.350 e. The summed E-state index contributed by atoms with van der Waals surface area (Å²) in [6, 6.07) is 10.2. The maximum atomic E-state index is 4.31. The van der Waals surface area contributed by atoms with Crippen molar-refractivity contribution >= 4 is 0 Å². The summed E-state index contributed by atoms with van der Waals surface area (Å²) in [5.41, 5.74) is 0.970. The number of hydrogen-bond acceptors (Lipinski definition) is 4. The quantitative estimate of drug-likeness (QED) is 0.707. The fraction of sp³-hybridized carbons (Fsp3) is 0.286. The van der Waals surface area contributed by atoms with E-state index in [1.165, 1.54) is 0 Å². The summed E-state index contributed by atoms with van der Waals surface area (Å²) in [5.74, 6) is 0.836. The molecule has 0 saturated carbocycles. The molecule has 3 aromatic heterocycles. The number of nitrogens with zero attached hydrogens (tertiary/aromatic N) is 6. The zero-order valence-corrected chi connectivity index (χ0v) is 11.3. The molecule has 0 aliphatic carbocycles. The second-order valence-electron chi connectivity index (χ2n) is 4.75. The number of aromatic nitrogens is 6. The van der Waals surface area contributed by atoms with Gasteiger partial charge in [-0.2, -0.15) is 0 Å². The summed E-state index contributed by atoms with van der Waals surface area (Å²) < 4.78 is 3.99. The Balaban J connectivity index is 1.74. The molecule has 0 fully saturated rings. The van der Waals surface area contributed by atoms with Crippen LogP contribution in [0.4, 0.5) is 0 Å². The van der Waals surface area contributed by atoms with E-state index in [4.69, 9.17) is 0 Å². The van der Waals surface area contributed by atoms with Gasteiger partial charge in [-0.1, -0.05) is 6.07 Å². The minimum absolute atomic E-state index is 0.302. The van der Waals surface area contributed by atoms with Crippen molar-refractivity contribution in [3.05, 3.63) is 60.4 Å². The molecule has 0 radical (unpaired) electrons. The third-order valence-corrected chi connectivity index (χ3v) is 3.25. The van der Waals surface area contributed by atoms with Gasteiger partial charge in [0, 0.05) is 30.3 Å². The number of pyridine rings is 1. The second kappa shape index (κ2) is 5.64. The molecule has 102 valence electrons. The van der Waals surface area contributed by atoms with Gasteiger partial charge in [0.05, 0.1) is 13.0 Å². The first kappa shape index (κ1) is 12.5. The molecule has 0 saturated heterocycles. The molecule has 20 heavy (non-hydrogen) atoms. The van der Waals surface area contributed by atoms with Crippen LogP contribution in [0.15, 0.2) is 48.9 Å². The summed E-state index contributed by atoms with van der Waals surface area (Å²) in [5, 5.41) is 12.0. The van der Waals surface area contributed by atoms with Gasteiger partial charge in [-0.25, -0.2) is 4.68 Å². The topological polar surface area (TPSA) is 61.4 Å². The largest absolute Gasteiger partial charge is 0.350 e. The molecular weight excluding hydrogens is 252 g/mol. The lowest BCUT2D eigenvalue weighted by molar-refractivity contribution is 0.423. The molecule has 0 aliphatic heterocycles. The van der Waals surface area contributed by atoms with E-state index in [9.17, 15) is 0 Å². The highest BCUT2D eigenvalue weighted by Gasteiger charge is 2.11. The second-order valence-corrected chi connectivity index (χ2v) is 4.75. The summed E-state index contributed by atoms with van der Waals surface area (Å²) in [6.07, 6.45) is 6.53. The lowest BCUT2D eigenvalue weighted by atomic mass is 10.2. The van der Waals surface area contributed by atoms with Crippen LogP contribution in [-0.4, -0.2) is 29.8 Å². The molecule has 3 rings (SSSR count). The van der Waals surface area contributed by atoms with Crippen molar-refractivity contribution in [2.45, 2.75) is 25.9 Å². The summed E-state index contributed by atoms with van der Waals surface area (Å²) >= 11 is 0. The minimum atomic E-state index is 0.302. The molecule has 0 spiro atoms. The number of rotatable bonds is 5.